The maximum atomic E-state index is 8.98. The minimum Gasteiger partial charge on any atom is -0.262 e. The van der Waals surface area contributed by atoms with Crippen molar-refractivity contribution in [3.8, 4) is 0 Å². The molecule has 0 amide bonds. The summed E-state index contributed by atoms with van der Waals surface area (Å²) in [5.74, 6) is 0. The number of carbonyl (C=O) groups is 1. The molecule has 32 valence electrons. The van der Waals surface area contributed by atoms with Gasteiger partial charge in [-0.15, -0.1) is 0 Å². The number of hydrogen-bond donors (Lipinski definition) is 0. The Bertz CT molecular complexity index is 32.6. The van der Waals surface area contributed by atoms with Crippen molar-refractivity contribution in [1.29, 1.82) is 0 Å². The van der Waals surface area contributed by atoms with Gasteiger partial charge in [0.15, 0.2) is 0 Å². The van der Waals surface area contributed by atoms with Gasteiger partial charge in [0, 0.05) is 19.5 Å². The molecular weight excluding hydrogens is 200 g/mol. The van der Waals surface area contributed by atoms with Crippen LogP contribution in [0, 0.1) is 0 Å². The third-order valence-electron chi connectivity index (χ3n) is 0. The molecule has 1 nitrogen and oxygen atoms in total. The summed E-state index contributed by atoms with van der Waals surface area (Å²) in [6.07, 6.45) is 0. The van der Waals surface area contributed by atoms with Gasteiger partial charge in [0.2, 0.25) is 0 Å². The third kappa shape index (κ3) is 52.7. The predicted octanol–water partition coefficient (Wildman–Crippen LogP) is 1.58. The molecule has 0 radical (unpaired) electrons. The number of carbonyl (C=O) groups excluding carboxylic acids is 1. The molecule has 0 unspecified atom stereocenters. The fraction of sp³-hybridized carbons (Fsp3) is 0. The molecule has 0 aromatic heterocycles. The summed E-state index contributed by atoms with van der Waals surface area (Å²) in [5, 5.41) is 0. The summed E-state index contributed by atoms with van der Waals surface area (Å²) < 4.78 is -0.889. The normalized spacial score (nSPS) is 5.20. The van der Waals surface area contributed by atoms with E-state index in [-0.39, 0.29) is 19.5 Å². The molecule has 0 spiro atoms. The summed E-state index contributed by atoms with van der Waals surface area (Å²) in [5.41, 5.74) is 0. The van der Waals surface area contributed by atoms with E-state index in [2.05, 4.69) is 23.2 Å². The second kappa shape index (κ2) is 4.87. The minimum absolute atomic E-state index is 0. The summed E-state index contributed by atoms with van der Waals surface area (Å²) in [6.45, 7) is 0. The minimum atomic E-state index is -0.889. The van der Waals surface area contributed by atoms with E-state index in [9.17, 15) is 0 Å². The van der Waals surface area contributed by atoms with E-state index in [1.807, 2.05) is 0 Å². The van der Waals surface area contributed by atoms with Gasteiger partial charge in [0.05, 0.1) is 0 Å². The zero-order valence-corrected chi connectivity index (χ0v) is 5.27. The Balaban J connectivity index is 0. The van der Waals surface area contributed by atoms with E-state index in [1.54, 1.807) is 0 Å². The van der Waals surface area contributed by atoms with Crippen LogP contribution in [0.3, 0.4) is 0 Å². The molecule has 0 aromatic carbocycles. The Labute approximate surface area is 52.4 Å². The summed E-state index contributed by atoms with van der Waals surface area (Å²) in [6, 6.07) is 0. The van der Waals surface area contributed by atoms with E-state index >= 15 is 0 Å². The van der Waals surface area contributed by atoms with Gasteiger partial charge in [0.25, 0.3) is 0 Å². The average Bonchev–Trinajstić information content (AvgIpc) is 0.811. The average molecular weight is 200 g/mol. The molecule has 0 aliphatic heterocycles. The van der Waals surface area contributed by atoms with Crippen molar-refractivity contribution < 1.29 is 24.3 Å². The van der Waals surface area contributed by atoms with Crippen molar-refractivity contribution in [1.82, 2.24) is 0 Å². The number of hydrogen-bond acceptors (Lipinski definition) is 1. The Kier molecular flexibility index (Phi) is 9.06. The van der Waals surface area contributed by atoms with Gasteiger partial charge in [-0.05, 0) is 23.2 Å². The van der Waals surface area contributed by atoms with Crippen LogP contribution in [0.2, 0.25) is 0 Å². The van der Waals surface area contributed by atoms with Crippen LogP contribution in [0.1, 0.15) is 0 Å². The van der Waals surface area contributed by atoms with Gasteiger partial charge in [-0.2, -0.15) is 0 Å². The summed E-state index contributed by atoms with van der Waals surface area (Å²) >= 11 is 8.80. The van der Waals surface area contributed by atoms with Gasteiger partial charge in [-0.25, -0.2) is 0 Å². The fourth-order valence-electron chi connectivity index (χ4n) is 0. The molecule has 0 atom stereocenters. The zero-order valence-electron chi connectivity index (χ0n) is 2.02. The van der Waals surface area contributed by atoms with Gasteiger partial charge in [0.1, 0.15) is 0 Å². The monoisotopic (exact) mass is 200 g/mol. The standard InChI is InChI=1S/CCl2O.Ru/c2-1(3)4;. The molecule has 0 bridgehead atoms. The van der Waals surface area contributed by atoms with Gasteiger partial charge in [-0.3, -0.25) is 4.79 Å². The van der Waals surface area contributed by atoms with Crippen molar-refractivity contribution >= 4 is 27.9 Å². The molecule has 0 saturated heterocycles. The first-order valence-electron chi connectivity index (χ1n) is 0.582. The van der Waals surface area contributed by atoms with E-state index in [4.69, 9.17) is 4.79 Å². The van der Waals surface area contributed by atoms with E-state index in [1.165, 1.54) is 0 Å². The van der Waals surface area contributed by atoms with Crippen LogP contribution in [0.15, 0.2) is 0 Å². The Morgan fingerprint density at radius 2 is 1.40 bits per heavy atom. The molecule has 4 heteroatoms. The predicted molar refractivity (Wildman–Crippen MR) is 17.1 cm³/mol. The topological polar surface area (TPSA) is 17.1 Å². The van der Waals surface area contributed by atoms with Gasteiger partial charge >= 0.3 is 4.70 Å². The molecular formula is CCl2ORu. The maximum Gasteiger partial charge on any atom is 0.313 e. The summed E-state index contributed by atoms with van der Waals surface area (Å²) in [7, 11) is 0. The van der Waals surface area contributed by atoms with Crippen molar-refractivity contribution in [3.63, 3.8) is 0 Å². The largest absolute Gasteiger partial charge is 0.313 e. The molecule has 0 rings (SSSR count). The van der Waals surface area contributed by atoms with Crippen LogP contribution in [-0.2, 0) is 19.5 Å². The number of halogens is 2. The first kappa shape index (κ1) is 9.30. The zero-order chi connectivity index (χ0) is 3.58. The van der Waals surface area contributed by atoms with Gasteiger partial charge in [-0.1, -0.05) is 0 Å². The molecule has 0 aliphatic carbocycles. The van der Waals surface area contributed by atoms with Crippen LogP contribution in [-0.4, -0.2) is 4.70 Å². The van der Waals surface area contributed by atoms with E-state index in [0.717, 1.165) is 0 Å². The van der Waals surface area contributed by atoms with Crippen molar-refractivity contribution in [2.75, 3.05) is 0 Å². The van der Waals surface area contributed by atoms with Crippen molar-refractivity contribution in [2.24, 2.45) is 0 Å². The van der Waals surface area contributed by atoms with Crippen LogP contribution < -0.4 is 0 Å². The molecule has 0 heterocycles. The Hall–Kier alpha value is 0.873. The Morgan fingerprint density at radius 1 is 1.40 bits per heavy atom. The molecule has 0 aliphatic rings. The molecule has 0 fully saturated rings. The second-order valence-corrected chi connectivity index (χ2v) is 1.11. The molecule has 5 heavy (non-hydrogen) atoms. The Morgan fingerprint density at radius 3 is 1.40 bits per heavy atom. The molecule has 0 aromatic rings. The van der Waals surface area contributed by atoms with Crippen LogP contribution in [0.5, 0.6) is 0 Å². The first-order chi connectivity index (χ1) is 1.73. The van der Waals surface area contributed by atoms with Crippen LogP contribution >= 0.6 is 23.2 Å². The van der Waals surface area contributed by atoms with E-state index in [0.29, 0.717) is 0 Å². The van der Waals surface area contributed by atoms with Crippen molar-refractivity contribution in [3.05, 3.63) is 0 Å². The molecule has 0 N–H and O–H groups in total. The van der Waals surface area contributed by atoms with E-state index < -0.39 is 4.70 Å². The first-order valence-corrected chi connectivity index (χ1v) is 1.34. The maximum absolute atomic E-state index is 8.98. The quantitative estimate of drug-likeness (QED) is 0.428. The van der Waals surface area contributed by atoms with Gasteiger partial charge < -0.3 is 0 Å². The smallest absolute Gasteiger partial charge is 0.262 e. The second-order valence-electron chi connectivity index (χ2n) is 0.226. The third-order valence-corrected chi connectivity index (χ3v) is 0. The molecule has 0 saturated carbocycles. The van der Waals surface area contributed by atoms with Crippen molar-refractivity contribution in [2.45, 2.75) is 0 Å². The fourth-order valence-corrected chi connectivity index (χ4v) is 0. The van der Waals surface area contributed by atoms with Crippen LogP contribution in [0.4, 0.5) is 4.79 Å². The van der Waals surface area contributed by atoms with Crippen LogP contribution in [0.25, 0.3) is 0 Å². The SMILES string of the molecule is O=C(Cl)Cl.[Ru]. The summed E-state index contributed by atoms with van der Waals surface area (Å²) in [4.78, 5) is 8.98. The number of rotatable bonds is 0.